The Morgan fingerprint density at radius 1 is 1.39 bits per heavy atom. The van der Waals surface area contributed by atoms with Crippen molar-refractivity contribution in [3.8, 4) is 0 Å². The topological polar surface area (TPSA) is 47.0 Å². The minimum absolute atomic E-state index is 0.476. The quantitative estimate of drug-likeness (QED) is 0.868. The van der Waals surface area contributed by atoms with Crippen LogP contribution in [0.15, 0.2) is 12.3 Å². The molecule has 1 fully saturated rings. The van der Waals surface area contributed by atoms with Crippen molar-refractivity contribution in [3.05, 3.63) is 23.8 Å². The van der Waals surface area contributed by atoms with Gasteiger partial charge in [0.05, 0.1) is 5.69 Å². The van der Waals surface area contributed by atoms with Crippen LogP contribution in [0.25, 0.3) is 0 Å². The van der Waals surface area contributed by atoms with Crippen molar-refractivity contribution < 1.29 is 4.74 Å². The summed E-state index contributed by atoms with van der Waals surface area (Å²) < 4.78 is 5.37. The average Bonchev–Trinajstić information content (AvgIpc) is 2.40. The van der Waals surface area contributed by atoms with Gasteiger partial charge < -0.3 is 10.1 Å². The summed E-state index contributed by atoms with van der Waals surface area (Å²) in [7, 11) is 0. The largest absolute Gasteiger partial charge is 0.381 e. The Labute approximate surface area is 109 Å². The fraction of sp³-hybridized carbons (Fsp3) is 0.714. The molecule has 4 nitrogen and oxygen atoms in total. The molecule has 0 atom stereocenters. The van der Waals surface area contributed by atoms with Gasteiger partial charge in [-0.05, 0) is 31.4 Å². The number of nitrogens with one attached hydrogen (secondary N) is 1. The van der Waals surface area contributed by atoms with Gasteiger partial charge in [0, 0.05) is 31.9 Å². The highest BCUT2D eigenvalue weighted by atomic mass is 16.5. The Bertz CT molecular complexity index is 362. The molecular weight excluding hydrogens is 226 g/mol. The van der Waals surface area contributed by atoms with Crippen LogP contribution in [0.5, 0.6) is 0 Å². The molecule has 2 heterocycles. The first-order chi connectivity index (χ1) is 8.75. The van der Waals surface area contributed by atoms with Gasteiger partial charge in [0.15, 0.2) is 0 Å². The number of hydrogen-bond donors (Lipinski definition) is 1. The van der Waals surface area contributed by atoms with Crippen LogP contribution in [-0.2, 0) is 11.3 Å². The zero-order valence-electron chi connectivity index (χ0n) is 11.4. The molecular formula is C14H23N3O. The molecule has 1 N–H and O–H groups in total. The van der Waals surface area contributed by atoms with Crippen molar-refractivity contribution >= 4 is 0 Å². The molecule has 4 heteroatoms. The first-order valence-corrected chi connectivity index (χ1v) is 6.86. The van der Waals surface area contributed by atoms with Crippen LogP contribution in [-0.4, -0.2) is 29.7 Å². The maximum Gasteiger partial charge on any atom is 0.131 e. The van der Waals surface area contributed by atoms with Crippen molar-refractivity contribution in [2.45, 2.75) is 39.2 Å². The van der Waals surface area contributed by atoms with Crippen molar-refractivity contribution in [2.75, 3.05) is 19.8 Å². The van der Waals surface area contributed by atoms with E-state index in [4.69, 9.17) is 4.74 Å². The molecule has 0 aromatic carbocycles. The lowest BCUT2D eigenvalue weighted by Crippen LogP contribution is -2.21. The molecule has 1 aliphatic rings. The Hall–Kier alpha value is -1.00. The summed E-state index contributed by atoms with van der Waals surface area (Å²) in [4.78, 5) is 9.08. The SMILES string of the molecule is CC(C)CNCc1ccnc(C2CCOCC2)n1. The second-order valence-electron chi connectivity index (χ2n) is 5.32. The summed E-state index contributed by atoms with van der Waals surface area (Å²) in [6.45, 7) is 7.95. The van der Waals surface area contributed by atoms with E-state index in [1.807, 2.05) is 12.3 Å². The predicted molar refractivity (Wildman–Crippen MR) is 71.4 cm³/mol. The van der Waals surface area contributed by atoms with Crippen LogP contribution in [0.3, 0.4) is 0 Å². The predicted octanol–water partition coefficient (Wildman–Crippen LogP) is 2.12. The van der Waals surface area contributed by atoms with E-state index in [1.165, 1.54) is 0 Å². The number of rotatable bonds is 5. The van der Waals surface area contributed by atoms with Gasteiger partial charge >= 0.3 is 0 Å². The monoisotopic (exact) mass is 249 g/mol. The fourth-order valence-corrected chi connectivity index (χ4v) is 2.15. The summed E-state index contributed by atoms with van der Waals surface area (Å²) in [6, 6.07) is 2.00. The molecule has 1 aliphatic heterocycles. The van der Waals surface area contributed by atoms with E-state index < -0.39 is 0 Å². The molecule has 0 bridgehead atoms. The van der Waals surface area contributed by atoms with Crippen LogP contribution >= 0.6 is 0 Å². The number of nitrogens with zero attached hydrogens (tertiary/aromatic N) is 2. The molecule has 18 heavy (non-hydrogen) atoms. The first kappa shape index (κ1) is 13.4. The Balaban J connectivity index is 1.91. The van der Waals surface area contributed by atoms with Gasteiger partial charge in [-0.3, -0.25) is 0 Å². The number of hydrogen-bond acceptors (Lipinski definition) is 4. The Morgan fingerprint density at radius 2 is 2.17 bits per heavy atom. The lowest BCUT2D eigenvalue weighted by molar-refractivity contribution is 0.0835. The zero-order chi connectivity index (χ0) is 12.8. The van der Waals surface area contributed by atoms with Crippen LogP contribution in [0.2, 0.25) is 0 Å². The molecule has 0 unspecified atom stereocenters. The highest BCUT2D eigenvalue weighted by Gasteiger charge is 2.18. The molecule has 1 aromatic rings. The molecule has 1 aromatic heterocycles. The smallest absolute Gasteiger partial charge is 0.131 e. The lowest BCUT2D eigenvalue weighted by atomic mass is 9.99. The van der Waals surface area contributed by atoms with E-state index in [9.17, 15) is 0 Å². The minimum Gasteiger partial charge on any atom is -0.381 e. The summed E-state index contributed by atoms with van der Waals surface area (Å²) >= 11 is 0. The Morgan fingerprint density at radius 3 is 2.89 bits per heavy atom. The normalized spacial score (nSPS) is 17.3. The summed E-state index contributed by atoms with van der Waals surface area (Å²) in [5.74, 6) is 2.13. The third-order valence-electron chi connectivity index (χ3n) is 3.18. The van der Waals surface area contributed by atoms with Crippen molar-refractivity contribution in [1.82, 2.24) is 15.3 Å². The fourth-order valence-electron chi connectivity index (χ4n) is 2.15. The van der Waals surface area contributed by atoms with Gasteiger partial charge in [-0.1, -0.05) is 13.8 Å². The third-order valence-corrected chi connectivity index (χ3v) is 3.18. The molecule has 0 spiro atoms. The molecule has 2 rings (SSSR count). The van der Waals surface area contributed by atoms with Crippen LogP contribution in [0.1, 0.15) is 44.1 Å². The molecule has 0 aliphatic carbocycles. The maximum atomic E-state index is 5.37. The van der Waals surface area contributed by atoms with E-state index in [0.29, 0.717) is 11.8 Å². The average molecular weight is 249 g/mol. The van der Waals surface area contributed by atoms with Crippen molar-refractivity contribution in [1.29, 1.82) is 0 Å². The molecule has 0 saturated carbocycles. The first-order valence-electron chi connectivity index (χ1n) is 6.86. The van der Waals surface area contributed by atoms with Gasteiger partial charge in [0.2, 0.25) is 0 Å². The molecule has 1 saturated heterocycles. The van der Waals surface area contributed by atoms with E-state index in [-0.39, 0.29) is 0 Å². The number of aromatic nitrogens is 2. The van der Waals surface area contributed by atoms with Crippen LogP contribution in [0, 0.1) is 5.92 Å². The standard InChI is InChI=1S/C14H23N3O/c1-11(2)9-15-10-13-3-6-16-14(17-13)12-4-7-18-8-5-12/h3,6,11-12,15H,4-5,7-10H2,1-2H3. The summed E-state index contributed by atoms with van der Waals surface area (Å²) in [5.41, 5.74) is 1.09. The second-order valence-corrected chi connectivity index (χ2v) is 5.32. The van der Waals surface area contributed by atoms with Gasteiger partial charge in [-0.2, -0.15) is 0 Å². The zero-order valence-corrected chi connectivity index (χ0v) is 11.4. The minimum atomic E-state index is 0.476. The highest BCUT2D eigenvalue weighted by Crippen LogP contribution is 2.23. The van der Waals surface area contributed by atoms with E-state index >= 15 is 0 Å². The third kappa shape index (κ3) is 4.03. The molecule has 0 amide bonds. The maximum absolute atomic E-state index is 5.37. The summed E-state index contributed by atoms with van der Waals surface area (Å²) in [6.07, 6.45) is 3.97. The van der Waals surface area contributed by atoms with E-state index in [2.05, 4.69) is 29.1 Å². The van der Waals surface area contributed by atoms with Crippen LogP contribution in [0.4, 0.5) is 0 Å². The van der Waals surface area contributed by atoms with Crippen LogP contribution < -0.4 is 5.32 Å². The van der Waals surface area contributed by atoms with E-state index in [1.54, 1.807) is 0 Å². The second kappa shape index (κ2) is 6.81. The van der Waals surface area contributed by atoms with E-state index in [0.717, 1.165) is 50.7 Å². The number of ether oxygens (including phenoxy) is 1. The lowest BCUT2D eigenvalue weighted by Gasteiger charge is -2.20. The van der Waals surface area contributed by atoms with Crippen molar-refractivity contribution in [2.24, 2.45) is 5.92 Å². The Kier molecular flexibility index (Phi) is 5.08. The molecule has 0 radical (unpaired) electrons. The van der Waals surface area contributed by atoms with Gasteiger partial charge in [-0.15, -0.1) is 0 Å². The van der Waals surface area contributed by atoms with Crippen molar-refractivity contribution in [3.63, 3.8) is 0 Å². The van der Waals surface area contributed by atoms with Gasteiger partial charge in [-0.25, -0.2) is 9.97 Å². The van der Waals surface area contributed by atoms with Gasteiger partial charge in [0.25, 0.3) is 0 Å². The molecule has 100 valence electrons. The highest BCUT2D eigenvalue weighted by molar-refractivity contribution is 5.06. The van der Waals surface area contributed by atoms with Gasteiger partial charge in [0.1, 0.15) is 5.82 Å². The summed E-state index contributed by atoms with van der Waals surface area (Å²) in [5, 5.41) is 3.42.